The van der Waals surface area contributed by atoms with Gasteiger partial charge in [-0.25, -0.2) is 22.8 Å². The number of rotatable bonds is 7. The van der Waals surface area contributed by atoms with Gasteiger partial charge in [0.2, 0.25) is 11.1 Å². The first-order chi connectivity index (χ1) is 25.2. The fourth-order valence-corrected chi connectivity index (χ4v) is 8.95. The van der Waals surface area contributed by atoms with Crippen molar-refractivity contribution in [3.63, 3.8) is 0 Å². The summed E-state index contributed by atoms with van der Waals surface area (Å²) in [5.41, 5.74) is -3.90. The summed E-state index contributed by atoms with van der Waals surface area (Å²) in [6.07, 6.45) is -10.3. The van der Waals surface area contributed by atoms with Crippen molar-refractivity contribution in [2.45, 2.75) is 55.1 Å². The number of anilines is 1. The van der Waals surface area contributed by atoms with Crippen LogP contribution in [0.4, 0.5) is 32.0 Å². The van der Waals surface area contributed by atoms with Crippen molar-refractivity contribution < 1.29 is 34.8 Å². The molecule has 0 amide bonds. The number of hydrogen-bond donors (Lipinski definition) is 0. The molecule has 3 atom stereocenters. The molecule has 0 saturated carbocycles. The number of halogens is 6. The second-order valence-corrected chi connectivity index (χ2v) is 16.1. The predicted molar refractivity (Wildman–Crippen MR) is 196 cm³/mol. The van der Waals surface area contributed by atoms with Gasteiger partial charge in [-0.1, -0.05) is 19.1 Å². The number of sulfone groups is 1. The van der Waals surface area contributed by atoms with Crippen molar-refractivity contribution in [1.82, 2.24) is 9.56 Å². The van der Waals surface area contributed by atoms with Crippen LogP contribution in [0.25, 0.3) is 25.6 Å². The van der Waals surface area contributed by atoms with Crippen LogP contribution in [0.2, 0.25) is 0 Å². The Balaban J connectivity index is 0.000000273. The Morgan fingerprint density at radius 3 is 2.11 bits per heavy atom. The van der Waals surface area contributed by atoms with Gasteiger partial charge in [0, 0.05) is 37.8 Å². The minimum atomic E-state index is -5.62. The van der Waals surface area contributed by atoms with Crippen LogP contribution in [0.5, 0.6) is 0 Å². The Morgan fingerprint density at radius 1 is 0.981 bits per heavy atom. The van der Waals surface area contributed by atoms with Crippen LogP contribution in [0.3, 0.4) is 0 Å². The van der Waals surface area contributed by atoms with Crippen LogP contribution in [-0.2, 0) is 9.84 Å². The van der Waals surface area contributed by atoms with E-state index in [0.29, 0.717) is 18.4 Å². The second kappa shape index (κ2) is 16.0. The zero-order valence-corrected chi connectivity index (χ0v) is 31.6. The molecule has 0 bridgehead atoms. The molecule has 5 rings (SSSR count). The van der Waals surface area contributed by atoms with Gasteiger partial charge in [0.1, 0.15) is 19.3 Å². The van der Waals surface area contributed by atoms with Crippen molar-refractivity contribution in [3.8, 4) is 22.7 Å². The smallest absolute Gasteiger partial charge is 0.378 e. The van der Waals surface area contributed by atoms with E-state index < -0.39 is 54.8 Å². The standard InChI is InChI=1S/C22H17F6N3O2S.C16H18N3S/c1-4-13(9-12(2)10-29)14-5-7-15(8-6-14)34(32,33)20-17(21(23,24)25)16(11-30)19(31-3)18(20)22(26,27)28;1-18(2)11-5-7-13-15(9-11)20-16-10-12(19(3)4)6-8-14(16)17-13/h5-8,12-13,20H,4,9H2,1-2H3;5-10H,1-4H3/q;+1. The lowest BCUT2D eigenvalue weighted by Crippen LogP contribution is -2.36. The van der Waals surface area contributed by atoms with Crippen LogP contribution < -0.4 is 14.8 Å². The van der Waals surface area contributed by atoms with Crippen LogP contribution >= 0.6 is 11.3 Å². The van der Waals surface area contributed by atoms with E-state index in [0.717, 1.165) is 29.4 Å². The molecule has 3 aliphatic rings. The average Bonchev–Trinajstić information content (AvgIpc) is 3.50. The minimum absolute atomic E-state index is 0.187. The Labute approximate surface area is 313 Å². The lowest BCUT2D eigenvalue weighted by atomic mass is 9.88. The molecule has 0 spiro atoms. The van der Waals surface area contributed by atoms with Gasteiger partial charge in [-0.15, -0.1) is 11.3 Å². The van der Waals surface area contributed by atoms with E-state index in [4.69, 9.17) is 22.1 Å². The van der Waals surface area contributed by atoms with E-state index >= 15 is 0 Å². The number of nitriles is 2. The molecule has 1 aliphatic heterocycles. The van der Waals surface area contributed by atoms with Crippen LogP contribution in [-0.4, -0.2) is 59.2 Å². The Kier molecular flexibility index (Phi) is 12.3. The summed E-state index contributed by atoms with van der Waals surface area (Å²) in [6, 6.07) is 20.2. The zero-order valence-electron chi connectivity index (χ0n) is 30.0. The van der Waals surface area contributed by atoms with Crippen LogP contribution in [0.1, 0.15) is 38.2 Å². The summed E-state index contributed by atoms with van der Waals surface area (Å²) >= 11 is 1.80. The Morgan fingerprint density at radius 2 is 1.61 bits per heavy atom. The third-order valence-corrected chi connectivity index (χ3v) is 12.0. The monoisotopic (exact) mass is 785 g/mol. The normalized spacial score (nSPS) is 15.9. The number of benzene rings is 3. The molecule has 0 fully saturated rings. The van der Waals surface area contributed by atoms with Crippen LogP contribution in [0, 0.1) is 35.2 Å². The fraction of sp³-hybridized carbons (Fsp3) is 0.342. The second-order valence-electron chi connectivity index (χ2n) is 12.9. The average molecular weight is 786 g/mol. The van der Waals surface area contributed by atoms with E-state index in [9.17, 15) is 34.8 Å². The molecular formula is C38H35F6N6O2S2+. The third-order valence-electron chi connectivity index (χ3n) is 8.84. The number of allylic oxidation sites excluding steroid dienone is 1. The predicted octanol–water partition coefficient (Wildman–Crippen LogP) is 8.50. The van der Waals surface area contributed by atoms with Crippen molar-refractivity contribution in [3.05, 3.63) is 105 Å². The van der Waals surface area contributed by atoms with E-state index in [2.05, 4.69) is 85.0 Å². The van der Waals surface area contributed by atoms with E-state index in [1.165, 1.54) is 32.8 Å². The van der Waals surface area contributed by atoms with Gasteiger partial charge in [-0.05, 0) is 67.6 Å². The molecule has 16 heteroatoms. The number of fused-ring (bicyclic) bond motifs is 2. The van der Waals surface area contributed by atoms with Crippen molar-refractivity contribution >= 4 is 37.1 Å². The van der Waals surface area contributed by atoms with E-state index in [1.54, 1.807) is 18.3 Å². The zero-order chi connectivity index (χ0) is 40.3. The van der Waals surface area contributed by atoms with Gasteiger partial charge in [-0.3, -0.25) is 0 Å². The van der Waals surface area contributed by atoms with Crippen LogP contribution in [0.15, 0.2) is 88.0 Å². The maximum absolute atomic E-state index is 13.7. The van der Waals surface area contributed by atoms with Crippen molar-refractivity contribution in [1.29, 1.82) is 10.5 Å². The molecule has 0 aromatic heterocycles. The number of nitrogens with zero attached hydrogens (tertiary/aromatic N) is 6. The molecular weight excluding hydrogens is 751 g/mol. The summed E-state index contributed by atoms with van der Waals surface area (Å²) in [6.45, 7) is 10.4. The maximum Gasteiger partial charge on any atom is 0.414 e. The topological polar surface area (TPSA) is 105 Å². The highest BCUT2D eigenvalue weighted by atomic mass is 32.2. The highest BCUT2D eigenvalue weighted by Gasteiger charge is 2.59. The largest absolute Gasteiger partial charge is 0.414 e. The summed E-state index contributed by atoms with van der Waals surface area (Å²) in [5, 5.41) is 16.0. The molecule has 8 nitrogen and oxygen atoms in total. The van der Waals surface area contributed by atoms with Crippen molar-refractivity contribution in [2.24, 2.45) is 5.92 Å². The SMILES string of the molecule is CN(C)c1ccc2nc3ccc(=[N+](C)C)cc-3sc2c1.[C-]#[N+]C1=C(C(F)(F)F)C(S(=O)(=O)c2ccc(C(CC)CC(C)C#N)cc2)C(C(F)(F)F)=C1C#N. The lowest BCUT2D eigenvalue weighted by molar-refractivity contribution is -0.103. The van der Waals surface area contributed by atoms with Gasteiger partial charge in [0.15, 0.2) is 9.84 Å². The fourth-order valence-electron chi connectivity index (χ4n) is 6.02. The highest BCUT2D eigenvalue weighted by molar-refractivity contribution is 7.92. The van der Waals surface area contributed by atoms with Gasteiger partial charge in [0.05, 0.1) is 61.1 Å². The molecule has 0 N–H and O–H groups in total. The Hall–Kier alpha value is -5.24. The quantitative estimate of drug-likeness (QED) is 0.0806. The molecule has 2 aliphatic carbocycles. The summed E-state index contributed by atoms with van der Waals surface area (Å²) in [7, 11) is 2.87. The lowest BCUT2D eigenvalue weighted by Gasteiger charge is -2.24. The molecule has 2 aromatic carbocycles. The first kappa shape index (κ1) is 41.5. The van der Waals surface area contributed by atoms with Gasteiger partial charge >= 0.3 is 12.4 Å². The van der Waals surface area contributed by atoms with E-state index in [-0.39, 0.29) is 11.8 Å². The molecule has 1 heterocycles. The molecule has 0 saturated heterocycles. The minimum Gasteiger partial charge on any atom is -0.378 e. The molecule has 282 valence electrons. The van der Waals surface area contributed by atoms with Gasteiger partial charge in [0.25, 0.3) is 0 Å². The summed E-state index contributed by atoms with van der Waals surface area (Å²) < 4.78 is 112. The number of alkyl halides is 6. The third kappa shape index (κ3) is 8.59. The number of hydrogen-bond acceptors (Lipinski definition) is 7. The van der Waals surface area contributed by atoms with Gasteiger partial charge < -0.3 is 4.90 Å². The molecule has 3 unspecified atom stereocenters. The Bertz CT molecular complexity index is 2360. The first-order valence-electron chi connectivity index (χ1n) is 16.4. The number of aromatic nitrogens is 1. The van der Waals surface area contributed by atoms with Gasteiger partial charge in [-0.2, -0.15) is 36.9 Å². The molecule has 0 radical (unpaired) electrons. The molecule has 54 heavy (non-hydrogen) atoms. The first-order valence-corrected chi connectivity index (χ1v) is 18.7. The maximum atomic E-state index is 13.7. The van der Waals surface area contributed by atoms with E-state index in [1.807, 2.05) is 6.92 Å². The van der Waals surface area contributed by atoms with Crippen molar-refractivity contribution in [2.75, 3.05) is 33.1 Å². The summed E-state index contributed by atoms with van der Waals surface area (Å²) in [4.78, 5) is 9.70. The highest BCUT2D eigenvalue weighted by Crippen LogP contribution is 2.51. The molecule has 2 aromatic rings. The summed E-state index contributed by atoms with van der Waals surface area (Å²) in [5.74, 6) is -0.518.